The van der Waals surface area contributed by atoms with E-state index in [1.54, 1.807) is 0 Å². The maximum atomic E-state index is 6.21. The highest BCUT2D eigenvalue weighted by Gasteiger charge is 2.17. The molecular formula is C23H18ClN5. The fourth-order valence-electron chi connectivity index (χ4n) is 3.50. The zero-order chi connectivity index (χ0) is 19.8. The minimum atomic E-state index is 0.639. The zero-order valence-corrected chi connectivity index (χ0v) is 16.6. The van der Waals surface area contributed by atoms with Crippen LogP contribution in [0.1, 0.15) is 11.1 Å². The highest BCUT2D eigenvalue weighted by atomic mass is 35.5. The van der Waals surface area contributed by atoms with Crippen LogP contribution < -0.4 is 5.32 Å². The van der Waals surface area contributed by atoms with Gasteiger partial charge in [-0.2, -0.15) is 0 Å². The molecule has 5 nitrogen and oxygen atoms in total. The van der Waals surface area contributed by atoms with Gasteiger partial charge in [-0.15, -0.1) is 10.2 Å². The van der Waals surface area contributed by atoms with Crippen LogP contribution in [0.3, 0.4) is 0 Å². The molecule has 0 saturated carbocycles. The number of benzene rings is 3. The van der Waals surface area contributed by atoms with Crippen LogP contribution in [0.4, 0.5) is 5.95 Å². The highest BCUT2D eigenvalue weighted by Crippen LogP contribution is 2.29. The third kappa shape index (κ3) is 3.19. The third-order valence-electron chi connectivity index (χ3n) is 4.98. The van der Waals surface area contributed by atoms with Crippen LogP contribution in [0.5, 0.6) is 0 Å². The van der Waals surface area contributed by atoms with Crippen LogP contribution in [0.25, 0.3) is 27.9 Å². The molecule has 0 radical (unpaired) electrons. The fraction of sp³-hybridized carbons (Fsp3) is 0.0870. The van der Waals surface area contributed by atoms with E-state index in [9.17, 15) is 0 Å². The van der Waals surface area contributed by atoms with Crippen LogP contribution in [-0.2, 0) is 6.54 Å². The molecule has 6 heteroatoms. The summed E-state index contributed by atoms with van der Waals surface area (Å²) in [5, 5.41) is 14.0. The van der Waals surface area contributed by atoms with Crippen molar-refractivity contribution in [1.82, 2.24) is 19.6 Å². The number of fused-ring (bicyclic) bond motifs is 3. The molecule has 0 amide bonds. The van der Waals surface area contributed by atoms with E-state index in [1.807, 2.05) is 52.9 Å². The lowest BCUT2D eigenvalue weighted by Gasteiger charge is -2.12. The smallest absolute Gasteiger partial charge is 0.211 e. The summed E-state index contributed by atoms with van der Waals surface area (Å²) in [6, 6.07) is 24.0. The first-order chi connectivity index (χ1) is 14.2. The van der Waals surface area contributed by atoms with Gasteiger partial charge in [0.05, 0.1) is 5.52 Å². The molecule has 29 heavy (non-hydrogen) atoms. The lowest BCUT2D eigenvalue weighted by atomic mass is 10.1. The quantitative estimate of drug-likeness (QED) is 0.432. The number of nitrogens with zero attached hydrogens (tertiary/aromatic N) is 4. The molecule has 0 unspecified atom stereocenters. The number of rotatable bonds is 4. The molecule has 0 spiro atoms. The molecule has 0 aliphatic carbocycles. The Bertz CT molecular complexity index is 1330. The lowest BCUT2D eigenvalue weighted by Crippen LogP contribution is -2.08. The van der Waals surface area contributed by atoms with E-state index in [1.165, 1.54) is 5.56 Å². The molecule has 142 valence electrons. The van der Waals surface area contributed by atoms with Crippen molar-refractivity contribution in [2.75, 3.05) is 5.32 Å². The first-order valence-corrected chi connectivity index (χ1v) is 9.77. The summed E-state index contributed by atoms with van der Waals surface area (Å²) in [6.07, 6.45) is 0. The second-order valence-corrected chi connectivity index (χ2v) is 7.37. The normalized spacial score (nSPS) is 11.2. The average molecular weight is 400 g/mol. The summed E-state index contributed by atoms with van der Waals surface area (Å²) in [6.45, 7) is 2.71. The molecule has 5 rings (SSSR count). The van der Waals surface area contributed by atoms with Gasteiger partial charge in [0.25, 0.3) is 0 Å². The highest BCUT2D eigenvalue weighted by molar-refractivity contribution is 6.31. The molecule has 5 aromatic rings. The maximum Gasteiger partial charge on any atom is 0.211 e. The van der Waals surface area contributed by atoms with Crippen molar-refractivity contribution in [2.45, 2.75) is 13.5 Å². The summed E-state index contributed by atoms with van der Waals surface area (Å²) in [5.74, 6) is 1.44. The summed E-state index contributed by atoms with van der Waals surface area (Å²) in [5.41, 5.74) is 4.86. The van der Waals surface area contributed by atoms with Crippen molar-refractivity contribution in [3.05, 3.63) is 88.9 Å². The monoisotopic (exact) mass is 399 g/mol. The van der Waals surface area contributed by atoms with Gasteiger partial charge < -0.3 is 5.32 Å². The number of aryl methyl sites for hydroxylation is 1. The Balaban J connectivity index is 1.73. The molecule has 0 aliphatic rings. The number of halogens is 1. The molecule has 2 heterocycles. The van der Waals surface area contributed by atoms with E-state index in [0.717, 1.165) is 33.5 Å². The van der Waals surface area contributed by atoms with Crippen LogP contribution in [-0.4, -0.2) is 19.6 Å². The standard InChI is InChI=1S/C23H18ClN5/c1-15-7-5-6-10-18(15)21-27-28-22-19-12-11-17(24)13-20(19)26-23(29(21)22)25-14-16-8-3-2-4-9-16/h2-13H,14H2,1H3,(H,25,26). The SMILES string of the molecule is Cc1ccccc1-c1nnc2c3ccc(Cl)cc3nc(NCc3ccccc3)n12. The predicted octanol–water partition coefficient (Wildman–Crippen LogP) is 5.52. The van der Waals surface area contributed by atoms with Gasteiger partial charge in [-0.1, -0.05) is 66.2 Å². The minimum Gasteiger partial charge on any atom is -0.351 e. The first kappa shape index (κ1) is 17.6. The van der Waals surface area contributed by atoms with Crippen molar-refractivity contribution in [1.29, 1.82) is 0 Å². The largest absolute Gasteiger partial charge is 0.351 e. The summed E-state index contributed by atoms with van der Waals surface area (Å²) < 4.78 is 1.99. The molecule has 1 N–H and O–H groups in total. The van der Waals surface area contributed by atoms with E-state index in [0.29, 0.717) is 17.5 Å². The van der Waals surface area contributed by atoms with E-state index >= 15 is 0 Å². The van der Waals surface area contributed by atoms with Crippen molar-refractivity contribution in [3.8, 4) is 11.4 Å². The molecular weight excluding hydrogens is 382 g/mol. The van der Waals surface area contributed by atoms with Crippen LogP contribution in [0.2, 0.25) is 5.02 Å². The average Bonchev–Trinajstić information content (AvgIpc) is 3.18. The van der Waals surface area contributed by atoms with Crippen LogP contribution >= 0.6 is 11.6 Å². The Labute approximate surface area is 173 Å². The van der Waals surface area contributed by atoms with Crippen molar-refractivity contribution >= 4 is 34.1 Å². The number of anilines is 1. The van der Waals surface area contributed by atoms with E-state index in [2.05, 4.69) is 46.7 Å². The lowest BCUT2D eigenvalue weighted by molar-refractivity contribution is 1.03. The van der Waals surface area contributed by atoms with E-state index in [-0.39, 0.29) is 0 Å². The van der Waals surface area contributed by atoms with Gasteiger partial charge >= 0.3 is 0 Å². The summed E-state index contributed by atoms with van der Waals surface area (Å²) >= 11 is 6.21. The second kappa shape index (κ2) is 7.18. The predicted molar refractivity (Wildman–Crippen MR) is 117 cm³/mol. The van der Waals surface area contributed by atoms with Gasteiger partial charge in [0.15, 0.2) is 11.5 Å². The zero-order valence-electron chi connectivity index (χ0n) is 15.8. The van der Waals surface area contributed by atoms with E-state index in [4.69, 9.17) is 16.6 Å². The number of hydrogen-bond acceptors (Lipinski definition) is 4. The molecule has 3 aromatic carbocycles. The second-order valence-electron chi connectivity index (χ2n) is 6.93. The topological polar surface area (TPSA) is 55.1 Å². The van der Waals surface area contributed by atoms with E-state index < -0.39 is 0 Å². The number of aromatic nitrogens is 4. The maximum absolute atomic E-state index is 6.21. The molecule has 0 bridgehead atoms. The van der Waals surface area contributed by atoms with Crippen LogP contribution in [0.15, 0.2) is 72.8 Å². The van der Waals surface area contributed by atoms with Gasteiger partial charge in [0, 0.05) is 22.5 Å². The Morgan fingerprint density at radius 1 is 0.931 bits per heavy atom. The Morgan fingerprint density at radius 3 is 2.55 bits per heavy atom. The molecule has 0 atom stereocenters. The summed E-state index contributed by atoms with van der Waals surface area (Å²) in [7, 11) is 0. The Morgan fingerprint density at radius 2 is 1.72 bits per heavy atom. The van der Waals surface area contributed by atoms with Gasteiger partial charge in [-0.25, -0.2) is 9.38 Å². The minimum absolute atomic E-state index is 0.639. The van der Waals surface area contributed by atoms with Crippen molar-refractivity contribution in [3.63, 3.8) is 0 Å². The molecule has 0 aliphatic heterocycles. The van der Waals surface area contributed by atoms with Gasteiger partial charge in [0.2, 0.25) is 5.95 Å². The summed E-state index contributed by atoms with van der Waals surface area (Å²) in [4.78, 5) is 4.85. The number of hydrogen-bond donors (Lipinski definition) is 1. The van der Waals surface area contributed by atoms with Crippen molar-refractivity contribution < 1.29 is 0 Å². The molecule has 0 saturated heterocycles. The van der Waals surface area contributed by atoms with Crippen molar-refractivity contribution in [2.24, 2.45) is 0 Å². The Kier molecular flexibility index (Phi) is 4.37. The fourth-order valence-corrected chi connectivity index (χ4v) is 3.67. The molecule has 2 aromatic heterocycles. The van der Waals surface area contributed by atoms with Gasteiger partial charge in [0.1, 0.15) is 0 Å². The van der Waals surface area contributed by atoms with Gasteiger partial charge in [-0.3, -0.25) is 0 Å². The molecule has 0 fully saturated rings. The third-order valence-corrected chi connectivity index (χ3v) is 5.22. The van der Waals surface area contributed by atoms with Crippen LogP contribution in [0, 0.1) is 6.92 Å². The first-order valence-electron chi connectivity index (χ1n) is 9.39. The number of nitrogens with one attached hydrogen (secondary N) is 1. The Hall–Kier alpha value is -3.44. The van der Waals surface area contributed by atoms with Gasteiger partial charge in [-0.05, 0) is 36.2 Å².